The average molecular weight is 411 g/mol. The molecule has 0 atom stereocenters. The van der Waals surface area contributed by atoms with E-state index in [0.29, 0.717) is 5.69 Å². The minimum atomic E-state index is -3.73. The fourth-order valence-corrected chi connectivity index (χ4v) is 4.90. The van der Waals surface area contributed by atoms with Crippen LogP contribution in [-0.2, 0) is 26.5 Å². The zero-order valence-corrected chi connectivity index (χ0v) is 17.6. The van der Waals surface area contributed by atoms with E-state index in [2.05, 4.69) is 11.6 Å². The molecule has 1 N–H and O–H groups in total. The molecule has 27 heavy (non-hydrogen) atoms. The van der Waals surface area contributed by atoms with Crippen LogP contribution < -0.4 is 4.72 Å². The Morgan fingerprint density at radius 2 is 1.41 bits per heavy atom. The SMILES string of the molecule is CCCc1ccc(S(=O)(=O)Nc2ccc(S(=O)(=O)N(C)C(C)C)cc2)cc1. The summed E-state index contributed by atoms with van der Waals surface area (Å²) in [6.45, 7) is 5.63. The highest BCUT2D eigenvalue weighted by atomic mass is 32.2. The smallest absolute Gasteiger partial charge is 0.261 e. The van der Waals surface area contributed by atoms with Gasteiger partial charge >= 0.3 is 0 Å². The second-order valence-electron chi connectivity index (χ2n) is 6.64. The van der Waals surface area contributed by atoms with Crippen molar-refractivity contribution in [2.24, 2.45) is 0 Å². The Hall–Kier alpha value is -1.90. The van der Waals surface area contributed by atoms with Crippen LogP contribution in [0.1, 0.15) is 32.8 Å². The van der Waals surface area contributed by atoms with Crippen LogP contribution in [0.2, 0.25) is 0 Å². The molecule has 0 fully saturated rings. The lowest BCUT2D eigenvalue weighted by Gasteiger charge is -2.21. The third-order valence-electron chi connectivity index (χ3n) is 4.28. The normalized spacial score (nSPS) is 12.5. The van der Waals surface area contributed by atoms with E-state index in [1.165, 1.54) is 35.6 Å². The number of benzene rings is 2. The number of aryl methyl sites for hydroxylation is 1. The molecule has 0 aliphatic carbocycles. The molecule has 0 aliphatic heterocycles. The van der Waals surface area contributed by atoms with E-state index in [4.69, 9.17) is 0 Å². The average Bonchev–Trinajstić information content (AvgIpc) is 2.62. The summed E-state index contributed by atoms with van der Waals surface area (Å²) in [7, 11) is -5.83. The molecule has 148 valence electrons. The van der Waals surface area contributed by atoms with Gasteiger partial charge in [0.25, 0.3) is 10.0 Å². The molecular weight excluding hydrogens is 384 g/mol. The van der Waals surface area contributed by atoms with Crippen molar-refractivity contribution < 1.29 is 16.8 Å². The molecule has 0 aliphatic rings. The third-order valence-corrected chi connectivity index (χ3v) is 7.73. The minimum absolute atomic E-state index is 0.116. The number of hydrogen-bond donors (Lipinski definition) is 1. The Balaban J connectivity index is 2.20. The quantitative estimate of drug-likeness (QED) is 0.722. The number of sulfonamides is 2. The first-order valence-electron chi connectivity index (χ1n) is 8.78. The van der Waals surface area contributed by atoms with Gasteiger partial charge in [0, 0.05) is 18.8 Å². The summed E-state index contributed by atoms with van der Waals surface area (Å²) in [5.41, 5.74) is 1.39. The first kappa shape index (κ1) is 21.4. The van der Waals surface area contributed by atoms with Gasteiger partial charge in [-0.1, -0.05) is 25.5 Å². The summed E-state index contributed by atoms with van der Waals surface area (Å²) in [4.78, 5) is 0.282. The summed E-state index contributed by atoms with van der Waals surface area (Å²) in [5, 5.41) is 0. The molecule has 0 bridgehead atoms. The van der Waals surface area contributed by atoms with Gasteiger partial charge in [0.1, 0.15) is 0 Å². The van der Waals surface area contributed by atoms with Crippen LogP contribution in [0.4, 0.5) is 5.69 Å². The first-order valence-corrected chi connectivity index (χ1v) is 11.7. The Morgan fingerprint density at radius 1 is 0.889 bits per heavy atom. The van der Waals surface area contributed by atoms with Crippen LogP contribution in [0.15, 0.2) is 58.3 Å². The molecule has 0 amide bonds. The van der Waals surface area contributed by atoms with Crippen LogP contribution in [0.25, 0.3) is 0 Å². The fourth-order valence-electron chi connectivity index (χ4n) is 2.48. The highest BCUT2D eigenvalue weighted by molar-refractivity contribution is 7.92. The van der Waals surface area contributed by atoms with E-state index >= 15 is 0 Å². The van der Waals surface area contributed by atoms with E-state index in [1.807, 2.05) is 0 Å². The molecule has 0 radical (unpaired) electrons. The van der Waals surface area contributed by atoms with E-state index in [0.717, 1.165) is 18.4 Å². The van der Waals surface area contributed by atoms with Crippen molar-refractivity contribution in [3.8, 4) is 0 Å². The molecule has 2 aromatic carbocycles. The van der Waals surface area contributed by atoms with E-state index in [-0.39, 0.29) is 15.8 Å². The van der Waals surface area contributed by atoms with Crippen LogP contribution in [0.3, 0.4) is 0 Å². The van der Waals surface area contributed by atoms with Crippen LogP contribution >= 0.6 is 0 Å². The monoisotopic (exact) mass is 410 g/mol. The summed E-state index contributed by atoms with van der Waals surface area (Å²) in [6, 6.07) is 12.3. The lowest BCUT2D eigenvalue weighted by atomic mass is 10.1. The lowest BCUT2D eigenvalue weighted by Crippen LogP contribution is -2.33. The van der Waals surface area contributed by atoms with Crippen molar-refractivity contribution in [3.05, 3.63) is 54.1 Å². The topological polar surface area (TPSA) is 83.5 Å². The maximum Gasteiger partial charge on any atom is 0.261 e. The molecule has 0 unspecified atom stereocenters. The van der Waals surface area contributed by atoms with Gasteiger partial charge in [0.05, 0.1) is 9.79 Å². The zero-order chi connectivity index (χ0) is 20.2. The highest BCUT2D eigenvalue weighted by Gasteiger charge is 2.23. The molecule has 6 nitrogen and oxygen atoms in total. The molecule has 0 saturated carbocycles. The minimum Gasteiger partial charge on any atom is -0.280 e. The third kappa shape index (κ3) is 5.09. The van der Waals surface area contributed by atoms with E-state index in [1.54, 1.807) is 38.1 Å². The molecule has 2 rings (SSSR count). The first-order chi connectivity index (χ1) is 12.6. The van der Waals surface area contributed by atoms with E-state index < -0.39 is 20.0 Å². The number of rotatable bonds is 8. The molecule has 0 aromatic heterocycles. The maximum absolute atomic E-state index is 12.5. The van der Waals surface area contributed by atoms with Crippen molar-refractivity contribution in [2.45, 2.75) is 49.4 Å². The van der Waals surface area contributed by atoms with Gasteiger partial charge in [-0.15, -0.1) is 0 Å². The standard InChI is InChI=1S/C19H26N2O4S2/c1-5-6-16-7-11-18(12-8-16)26(22,23)20-17-9-13-19(14-10-17)27(24,25)21(4)15(2)3/h7-15,20H,5-6H2,1-4H3. The maximum atomic E-state index is 12.5. The van der Waals surface area contributed by atoms with Crippen LogP contribution in [-0.4, -0.2) is 34.2 Å². The van der Waals surface area contributed by atoms with Gasteiger partial charge in [-0.05, 0) is 62.2 Å². The van der Waals surface area contributed by atoms with E-state index in [9.17, 15) is 16.8 Å². The van der Waals surface area contributed by atoms with Crippen LogP contribution in [0.5, 0.6) is 0 Å². The summed E-state index contributed by atoms with van der Waals surface area (Å²) >= 11 is 0. The van der Waals surface area contributed by atoms with Gasteiger partial charge in [0.15, 0.2) is 0 Å². The number of anilines is 1. The molecular formula is C19H26N2O4S2. The summed E-state index contributed by atoms with van der Waals surface area (Å²) in [6.07, 6.45) is 1.89. The van der Waals surface area contributed by atoms with Crippen molar-refractivity contribution >= 4 is 25.7 Å². The lowest BCUT2D eigenvalue weighted by molar-refractivity contribution is 0.410. The Morgan fingerprint density at radius 3 is 1.89 bits per heavy atom. The van der Waals surface area contributed by atoms with Gasteiger partial charge < -0.3 is 0 Å². The van der Waals surface area contributed by atoms with Crippen molar-refractivity contribution in [2.75, 3.05) is 11.8 Å². The largest absolute Gasteiger partial charge is 0.280 e. The Kier molecular flexibility index (Phi) is 6.67. The molecule has 0 saturated heterocycles. The second kappa shape index (κ2) is 8.41. The fraction of sp³-hybridized carbons (Fsp3) is 0.368. The predicted octanol–water partition coefficient (Wildman–Crippen LogP) is 3.47. The van der Waals surface area contributed by atoms with Gasteiger partial charge in [-0.25, -0.2) is 16.8 Å². The summed E-state index contributed by atoms with van der Waals surface area (Å²) < 4.78 is 53.7. The van der Waals surface area contributed by atoms with Crippen molar-refractivity contribution in [1.82, 2.24) is 4.31 Å². The number of nitrogens with one attached hydrogen (secondary N) is 1. The van der Waals surface area contributed by atoms with Gasteiger partial charge in [-0.2, -0.15) is 4.31 Å². The number of nitrogens with zero attached hydrogens (tertiary/aromatic N) is 1. The van der Waals surface area contributed by atoms with Crippen molar-refractivity contribution in [1.29, 1.82) is 0 Å². The zero-order valence-electron chi connectivity index (χ0n) is 16.0. The second-order valence-corrected chi connectivity index (χ2v) is 10.3. The highest BCUT2D eigenvalue weighted by Crippen LogP contribution is 2.21. The van der Waals surface area contributed by atoms with Crippen LogP contribution in [0, 0.1) is 0 Å². The molecule has 8 heteroatoms. The summed E-state index contributed by atoms with van der Waals surface area (Å²) in [5.74, 6) is 0. The predicted molar refractivity (Wildman–Crippen MR) is 108 cm³/mol. The molecule has 2 aromatic rings. The Bertz CT molecular complexity index is 965. The number of hydrogen-bond acceptors (Lipinski definition) is 4. The molecule has 0 heterocycles. The van der Waals surface area contributed by atoms with Crippen molar-refractivity contribution in [3.63, 3.8) is 0 Å². The molecule has 0 spiro atoms. The van der Waals surface area contributed by atoms with Gasteiger partial charge in [-0.3, -0.25) is 4.72 Å². The van der Waals surface area contributed by atoms with Gasteiger partial charge in [0.2, 0.25) is 10.0 Å². The Labute approximate surface area is 162 Å².